The molecule has 1 heterocycles. The van der Waals surface area contributed by atoms with Gasteiger partial charge in [-0.3, -0.25) is 4.79 Å². The van der Waals surface area contributed by atoms with Crippen LogP contribution in [-0.2, 0) is 4.79 Å². The molecule has 0 spiro atoms. The van der Waals surface area contributed by atoms with Crippen LogP contribution in [0.25, 0.3) is 0 Å². The highest BCUT2D eigenvalue weighted by Gasteiger charge is 2.18. The van der Waals surface area contributed by atoms with E-state index in [1.165, 1.54) is 12.1 Å². The van der Waals surface area contributed by atoms with E-state index >= 15 is 0 Å². The van der Waals surface area contributed by atoms with Gasteiger partial charge in [0.25, 0.3) is 0 Å². The third kappa shape index (κ3) is 3.52. The summed E-state index contributed by atoms with van der Waals surface area (Å²) in [6, 6.07) is 6.01. The van der Waals surface area contributed by atoms with Crippen LogP contribution in [0, 0.1) is 23.1 Å². The van der Waals surface area contributed by atoms with Crippen molar-refractivity contribution >= 4 is 11.6 Å². The summed E-state index contributed by atoms with van der Waals surface area (Å²) in [5, 5.41) is 14.8. The summed E-state index contributed by atoms with van der Waals surface area (Å²) in [6.07, 6.45) is 2.37. The monoisotopic (exact) mass is 261 g/mol. The zero-order valence-corrected chi connectivity index (χ0v) is 10.6. The van der Waals surface area contributed by atoms with Crippen LogP contribution in [0.15, 0.2) is 18.2 Å². The highest BCUT2D eigenvalue weighted by atomic mass is 19.1. The maximum absolute atomic E-state index is 13.4. The minimum Gasteiger partial charge on any atom is -0.325 e. The second-order valence-corrected chi connectivity index (χ2v) is 4.72. The fourth-order valence-corrected chi connectivity index (χ4v) is 2.29. The van der Waals surface area contributed by atoms with E-state index in [1.54, 1.807) is 12.1 Å². The standard InChI is InChI=1S/C14H16FN3O/c15-12-2-1-3-13(11(12)9-16)18-14(19)8-10-4-6-17-7-5-10/h1-3,10,17H,4-8H2,(H,18,19). The van der Waals surface area contributed by atoms with Gasteiger partial charge >= 0.3 is 0 Å². The number of nitrogens with zero attached hydrogens (tertiary/aromatic N) is 1. The molecule has 0 aromatic heterocycles. The van der Waals surface area contributed by atoms with Crippen molar-refractivity contribution in [1.29, 1.82) is 5.26 Å². The third-order valence-electron chi connectivity index (χ3n) is 3.33. The summed E-state index contributed by atoms with van der Waals surface area (Å²) in [5.74, 6) is -0.406. The van der Waals surface area contributed by atoms with Crippen molar-refractivity contribution in [3.8, 4) is 6.07 Å². The van der Waals surface area contributed by atoms with Crippen molar-refractivity contribution in [3.05, 3.63) is 29.6 Å². The Bertz CT molecular complexity index is 504. The highest BCUT2D eigenvalue weighted by Crippen LogP contribution is 2.20. The Morgan fingerprint density at radius 2 is 2.21 bits per heavy atom. The van der Waals surface area contributed by atoms with Crippen molar-refractivity contribution in [1.82, 2.24) is 5.32 Å². The molecule has 2 N–H and O–H groups in total. The number of nitrogens with one attached hydrogen (secondary N) is 2. The Balaban J connectivity index is 1.99. The van der Waals surface area contributed by atoms with Crippen LogP contribution in [-0.4, -0.2) is 19.0 Å². The van der Waals surface area contributed by atoms with Gasteiger partial charge in [-0.25, -0.2) is 4.39 Å². The zero-order valence-electron chi connectivity index (χ0n) is 10.6. The number of carbonyl (C=O) groups is 1. The second-order valence-electron chi connectivity index (χ2n) is 4.72. The van der Waals surface area contributed by atoms with E-state index < -0.39 is 5.82 Å². The maximum Gasteiger partial charge on any atom is 0.224 e. The van der Waals surface area contributed by atoms with Gasteiger partial charge in [-0.2, -0.15) is 5.26 Å². The molecular formula is C14H16FN3O. The van der Waals surface area contributed by atoms with Crippen molar-refractivity contribution in [2.75, 3.05) is 18.4 Å². The van der Waals surface area contributed by atoms with Gasteiger partial charge in [-0.05, 0) is 44.0 Å². The van der Waals surface area contributed by atoms with Crippen molar-refractivity contribution < 1.29 is 9.18 Å². The van der Waals surface area contributed by atoms with Crippen LogP contribution < -0.4 is 10.6 Å². The molecule has 1 saturated heterocycles. The van der Waals surface area contributed by atoms with Crippen molar-refractivity contribution in [3.63, 3.8) is 0 Å². The molecule has 100 valence electrons. The van der Waals surface area contributed by atoms with E-state index in [9.17, 15) is 9.18 Å². The second kappa shape index (κ2) is 6.30. The first kappa shape index (κ1) is 13.5. The van der Waals surface area contributed by atoms with Gasteiger partial charge in [0.05, 0.1) is 5.69 Å². The summed E-state index contributed by atoms with van der Waals surface area (Å²) in [7, 11) is 0. The molecule has 1 aromatic rings. The number of carbonyl (C=O) groups excluding carboxylic acids is 1. The normalized spacial score (nSPS) is 15.8. The number of piperidine rings is 1. The smallest absolute Gasteiger partial charge is 0.224 e. The van der Waals surface area contributed by atoms with Crippen LogP contribution in [0.3, 0.4) is 0 Å². The molecule has 0 aliphatic carbocycles. The molecule has 1 aromatic carbocycles. The zero-order chi connectivity index (χ0) is 13.7. The van der Waals surface area contributed by atoms with Gasteiger partial charge in [0.1, 0.15) is 17.4 Å². The van der Waals surface area contributed by atoms with Crippen LogP contribution in [0.1, 0.15) is 24.8 Å². The number of hydrogen-bond donors (Lipinski definition) is 2. The van der Waals surface area contributed by atoms with Crippen molar-refractivity contribution in [2.45, 2.75) is 19.3 Å². The molecule has 0 saturated carbocycles. The minimum absolute atomic E-state index is 0.110. The first-order valence-corrected chi connectivity index (χ1v) is 6.40. The first-order valence-electron chi connectivity index (χ1n) is 6.40. The van der Waals surface area contributed by atoms with E-state index in [-0.39, 0.29) is 17.2 Å². The van der Waals surface area contributed by atoms with E-state index in [2.05, 4.69) is 10.6 Å². The van der Waals surface area contributed by atoms with Crippen LogP contribution in [0.5, 0.6) is 0 Å². The first-order chi connectivity index (χ1) is 9.20. The van der Waals surface area contributed by atoms with Gasteiger partial charge in [-0.1, -0.05) is 6.07 Å². The highest BCUT2D eigenvalue weighted by molar-refractivity contribution is 5.92. The topological polar surface area (TPSA) is 64.9 Å². The SMILES string of the molecule is N#Cc1c(F)cccc1NC(=O)CC1CCNCC1. The lowest BCUT2D eigenvalue weighted by molar-refractivity contribution is -0.117. The molecule has 2 rings (SSSR count). The summed E-state index contributed by atoms with van der Waals surface area (Å²) in [5.41, 5.74) is 0.141. The molecule has 1 fully saturated rings. The number of anilines is 1. The quantitative estimate of drug-likeness (QED) is 0.875. The van der Waals surface area contributed by atoms with E-state index in [0.29, 0.717) is 12.3 Å². The van der Waals surface area contributed by atoms with Crippen molar-refractivity contribution in [2.24, 2.45) is 5.92 Å². The summed E-state index contributed by atoms with van der Waals surface area (Å²) in [4.78, 5) is 11.9. The van der Waals surface area contributed by atoms with Gasteiger partial charge in [-0.15, -0.1) is 0 Å². The van der Waals surface area contributed by atoms with Gasteiger partial charge in [0.15, 0.2) is 0 Å². The minimum atomic E-state index is -0.609. The van der Waals surface area contributed by atoms with E-state index in [0.717, 1.165) is 25.9 Å². The fraction of sp³-hybridized carbons (Fsp3) is 0.429. The van der Waals surface area contributed by atoms with Gasteiger partial charge < -0.3 is 10.6 Å². The maximum atomic E-state index is 13.4. The predicted molar refractivity (Wildman–Crippen MR) is 70.0 cm³/mol. The molecule has 1 amide bonds. The Hall–Kier alpha value is -1.93. The number of nitriles is 1. The molecular weight excluding hydrogens is 245 g/mol. The Morgan fingerprint density at radius 1 is 1.47 bits per heavy atom. The van der Waals surface area contributed by atoms with E-state index in [4.69, 9.17) is 5.26 Å². The van der Waals surface area contributed by atoms with Gasteiger partial charge in [0, 0.05) is 6.42 Å². The summed E-state index contributed by atoms with van der Waals surface area (Å²) >= 11 is 0. The Kier molecular flexibility index (Phi) is 4.48. The molecule has 1 aliphatic rings. The molecule has 0 unspecified atom stereocenters. The van der Waals surface area contributed by atoms with Crippen LogP contribution in [0.2, 0.25) is 0 Å². The average Bonchev–Trinajstić information content (AvgIpc) is 2.40. The molecule has 4 nitrogen and oxygen atoms in total. The third-order valence-corrected chi connectivity index (χ3v) is 3.33. The number of hydrogen-bond acceptors (Lipinski definition) is 3. The summed E-state index contributed by atoms with van der Waals surface area (Å²) < 4.78 is 13.4. The molecule has 5 heteroatoms. The predicted octanol–water partition coefficient (Wildman–Crippen LogP) is 2.03. The molecule has 1 aliphatic heterocycles. The number of halogens is 1. The lowest BCUT2D eigenvalue weighted by Gasteiger charge is -2.22. The fourth-order valence-electron chi connectivity index (χ4n) is 2.29. The lowest BCUT2D eigenvalue weighted by Crippen LogP contribution is -2.30. The molecule has 0 bridgehead atoms. The molecule has 19 heavy (non-hydrogen) atoms. The average molecular weight is 261 g/mol. The van der Waals surface area contributed by atoms with Gasteiger partial charge in [0.2, 0.25) is 5.91 Å². The van der Waals surface area contributed by atoms with E-state index in [1.807, 2.05) is 0 Å². The molecule has 0 radical (unpaired) electrons. The number of amides is 1. The Labute approximate surface area is 111 Å². The lowest BCUT2D eigenvalue weighted by atomic mass is 9.94. The summed E-state index contributed by atoms with van der Waals surface area (Å²) in [6.45, 7) is 1.86. The number of rotatable bonds is 3. The Morgan fingerprint density at radius 3 is 2.89 bits per heavy atom. The van der Waals surface area contributed by atoms with Crippen LogP contribution in [0.4, 0.5) is 10.1 Å². The molecule has 0 atom stereocenters. The largest absolute Gasteiger partial charge is 0.325 e. The van der Waals surface area contributed by atoms with Crippen LogP contribution >= 0.6 is 0 Å². The number of benzene rings is 1.